The molecule has 1 heterocycles. The van der Waals surface area contributed by atoms with E-state index in [1.54, 1.807) is 18.0 Å². The fourth-order valence-corrected chi connectivity index (χ4v) is 1.88. The van der Waals surface area contributed by atoms with Crippen LogP contribution in [-0.4, -0.2) is 22.8 Å². The van der Waals surface area contributed by atoms with Gasteiger partial charge in [0.2, 0.25) is 0 Å². The summed E-state index contributed by atoms with van der Waals surface area (Å²) in [6.07, 6.45) is 2.82. The fraction of sp³-hybridized carbons (Fsp3) is 0.727. The van der Waals surface area contributed by atoms with Gasteiger partial charge in [0, 0.05) is 11.3 Å². The molecule has 86 valence electrons. The van der Waals surface area contributed by atoms with Gasteiger partial charge < -0.3 is 9.73 Å². The van der Waals surface area contributed by atoms with E-state index in [-0.39, 0.29) is 5.54 Å². The van der Waals surface area contributed by atoms with Gasteiger partial charge >= 0.3 is 0 Å². The van der Waals surface area contributed by atoms with E-state index in [2.05, 4.69) is 31.1 Å². The normalized spacial score (nSPS) is 12.0. The van der Waals surface area contributed by atoms with Gasteiger partial charge in [0.05, 0.1) is 5.69 Å². The fourth-order valence-electron chi connectivity index (χ4n) is 1.09. The molecule has 4 heteroatoms. The third-order valence-electron chi connectivity index (χ3n) is 1.80. The van der Waals surface area contributed by atoms with Crippen molar-refractivity contribution < 1.29 is 4.42 Å². The van der Waals surface area contributed by atoms with Crippen molar-refractivity contribution in [2.24, 2.45) is 0 Å². The monoisotopic (exact) mass is 228 g/mol. The maximum absolute atomic E-state index is 5.24. The molecule has 0 atom stereocenters. The minimum Gasteiger partial charge on any atom is -0.440 e. The molecule has 0 saturated carbocycles. The Morgan fingerprint density at radius 3 is 2.73 bits per heavy atom. The van der Waals surface area contributed by atoms with E-state index < -0.39 is 0 Å². The lowest BCUT2D eigenvalue weighted by molar-refractivity contribution is 0.427. The van der Waals surface area contributed by atoms with Crippen LogP contribution in [0.4, 0.5) is 0 Å². The van der Waals surface area contributed by atoms with Crippen molar-refractivity contribution >= 4 is 11.8 Å². The number of hydrogen-bond acceptors (Lipinski definition) is 4. The largest absolute Gasteiger partial charge is 0.440 e. The summed E-state index contributed by atoms with van der Waals surface area (Å²) in [5.41, 5.74) is 1.16. The van der Waals surface area contributed by atoms with E-state index >= 15 is 0 Å². The number of aryl methyl sites for hydroxylation is 1. The van der Waals surface area contributed by atoms with Crippen LogP contribution >= 0.6 is 11.8 Å². The van der Waals surface area contributed by atoms with Gasteiger partial charge in [-0.1, -0.05) is 11.8 Å². The highest BCUT2D eigenvalue weighted by Crippen LogP contribution is 2.17. The van der Waals surface area contributed by atoms with Crippen LogP contribution in [0.2, 0.25) is 0 Å². The highest BCUT2D eigenvalue weighted by molar-refractivity contribution is 7.99. The molecule has 0 bridgehead atoms. The summed E-state index contributed by atoms with van der Waals surface area (Å²) < 4.78 is 5.24. The Morgan fingerprint density at radius 1 is 1.47 bits per heavy atom. The standard InChI is InChI=1S/C11H20N2OS/c1-9-8-14-10(13-9)15-7-5-6-12-11(2,3)4/h8,12H,5-7H2,1-4H3. The Bertz CT molecular complexity index is 291. The van der Waals surface area contributed by atoms with Crippen molar-refractivity contribution in [3.05, 3.63) is 12.0 Å². The van der Waals surface area contributed by atoms with E-state index in [9.17, 15) is 0 Å². The first-order valence-corrected chi connectivity index (χ1v) is 6.26. The Labute approximate surface area is 96.0 Å². The average Bonchev–Trinajstić information content (AvgIpc) is 2.49. The van der Waals surface area contributed by atoms with Gasteiger partial charge in [-0.05, 0) is 40.7 Å². The molecule has 1 rings (SSSR count). The Balaban J connectivity index is 2.07. The number of thioether (sulfide) groups is 1. The zero-order chi connectivity index (χ0) is 11.3. The number of nitrogens with one attached hydrogen (secondary N) is 1. The number of oxazole rings is 1. The zero-order valence-electron chi connectivity index (χ0n) is 9.96. The van der Waals surface area contributed by atoms with Gasteiger partial charge in [-0.15, -0.1) is 0 Å². The van der Waals surface area contributed by atoms with Crippen molar-refractivity contribution in [2.45, 2.75) is 44.9 Å². The molecule has 0 aliphatic heterocycles. The molecule has 15 heavy (non-hydrogen) atoms. The van der Waals surface area contributed by atoms with Crippen molar-refractivity contribution in [1.82, 2.24) is 10.3 Å². The molecular weight excluding hydrogens is 208 g/mol. The third kappa shape index (κ3) is 5.85. The van der Waals surface area contributed by atoms with Crippen LogP contribution in [0.15, 0.2) is 15.9 Å². The summed E-state index contributed by atoms with van der Waals surface area (Å²) in [5, 5.41) is 4.23. The molecule has 0 spiro atoms. The molecule has 0 unspecified atom stereocenters. The third-order valence-corrected chi connectivity index (χ3v) is 2.73. The van der Waals surface area contributed by atoms with E-state index in [0.29, 0.717) is 0 Å². The van der Waals surface area contributed by atoms with Crippen LogP contribution in [-0.2, 0) is 0 Å². The second-order valence-electron chi connectivity index (χ2n) is 4.63. The van der Waals surface area contributed by atoms with Crippen molar-refractivity contribution in [1.29, 1.82) is 0 Å². The summed E-state index contributed by atoms with van der Waals surface area (Å²) in [6, 6.07) is 0. The van der Waals surface area contributed by atoms with Crippen LogP contribution in [0.25, 0.3) is 0 Å². The summed E-state index contributed by atoms with van der Waals surface area (Å²) in [4.78, 5) is 4.23. The maximum Gasteiger partial charge on any atom is 0.255 e. The lowest BCUT2D eigenvalue weighted by atomic mass is 10.1. The van der Waals surface area contributed by atoms with Gasteiger partial charge in [0.15, 0.2) is 0 Å². The molecule has 0 aliphatic carbocycles. The van der Waals surface area contributed by atoms with Crippen molar-refractivity contribution in [3.63, 3.8) is 0 Å². The van der Waals surface area contributed by atoms with Gasteiger partial charge in [0.1, 0.15) is 6.26 Å². The minimum absolute atomic E-state index is 0.212. The highest BCUT2D eigenvalue weighted by Gasteiger charge is 2.07. The average molecular weight is 228 g/mol. The summed E-state index contributed by atoms with van der Waals surface area (Å²) in [5.74, 6) is 1.04. The first kappa shape index (κ1) is 12.6. The summed E-state index contributed by atoms with van der Waals surface area (Å²) in [6.45, 7) is 9.51. The van der Waals surface area contributed by atoms with Crippen LogP contribution in [0.5, 0.6) is 0 Å². The Kier molecular flexibility index (Phi) is 4.67. The molecular formula is C11H20N2OS. The van der Waals surface area contributed by atoms with E-state index in [0.717, 1.165) is 29.6 Å². The first-order chi connectivity index (χ1) is 6.97. The van der Waals surface area contributed by atoms with Crippen molar-refractivity contribution in [3.8, 4) is 0 Å². The molecule has 0 aliphatic rings. The molecule has 1 aromatic heterocycles. The predicted octanol–water partition coefficient (Wildman–Crippen LogP) is 2.85. The van der Waals surface area contributed by atoms with Crippen LogP contribution in [0.3, 0.4) is 0 Å². The Morgan fingerprint density at radius 2 is 2.20 bits per heavy atom. The van der Waals surface area contributed by atoms with Gasteiger partial charge in [-0.25, -0.2) is 4.98 Å². The molecule has 0 fully saturated rings. The predicted molar refractivity (Wildman–Crippen MR) is 64.3 cm³/mol. The van der Waals surface area contributed by atoms with Gasteiger partial charge in [-0.3, -0.25) is 0 Å². The number of hydrogen-bond donors (Lipinski definition) is 1. The second kappa shape index (κ2) is 5.56. The molecule has 0 aromatic carbocycles. The van der Waals surface area contributed by atoms with E-state index in [1.807, 2.05) is 6.92 Å². The molecule has 0 saturated heterocycles. The molecule has 1 aromatic rings. The van der Waals surface area contributed by atoms with E-state index in [1.165, 1.54) is 0 Å². The SMILES string of the molecule is Cc1coc(SCCCNC(C)(C)C)n1. The van der Waals surface area contributed by atoms with Crippen LogP contribution in [0, 0.1) is 6.92 Å². The summed E-state index contributed by atoms with van der Waals surface area (Å²) >= 11 is 1.67. The topological polar surface area (TPSA) is 38.1 Å². The zero-order valence-corrected chi connectivity index (χ0v) is 10.8. The first-order valence-electron chi connectivity index (χ1n) is 5.27. The molecule has 3 nitrogen and oxygen atoms in total. The van der Waals surface area contributed by atoms with E-state index in [4.69, 9.17) is 4.42 Å². The van der Waals surface area contributed by atoms with Crippen LogP contribution in [0.1, 0.15) is 32.9 Å². The van der Waals surface area contributed by atoms with Crippen LogP contribution < -0.4 is 5.32 Å². The second-order valence-corrected chi connectivity index (χ2v) is 5.68. The van der Waals surface area contributed by atoms with Gasteiger partial charge in [0.25, 0.3) is 5.22 Å². The molecule has 0 amide bonds. The number of nitrogens with zero attached hydrogens (tertiary/aromatic N) is 1. The van der Waals surface area contributed by atoms with Crippen molar-refractivity contribution in [2.75, 3.05) is 12.3 Å². The highest BCUT2D eigenvalue weighted by atomic mass is 32.2. The quantitative estimate of drug-likeness (QED) is 0.621. The summed E-state index contributed by atoms with van der Waals surface area (Å²) in [7, 11) is 0. The Hall–Kier alpha value is -0.480. The lowest BCUT2D eigenvalue weighted by Gasteiger charge is -2.20. The van der Waals surface area contributed by atoms with Gasteiger partial charge in [-0.2, -0.15) is 0 Å². The number of rotatable bonds is 5. The lowest BCUT2D eigenvalue weighted by Crippen LogP contribution is -2.36. The smallest absolute Gasteiger partial charge is 0.255 e. The minimum atomic E-state index is 0.212. The molecule has 0 radical (unpaired) electrons. The molecule has 1 N–H and O–H groups in total. The number of aromatic nitrogens is 1. The maximum atomic E-state index is 5.24.